The van der Waals surface area contributed by atoms with Crippen molar-refractivity contribution in [3.8, 4) is 67.5 Å². The molecule has 1 saturated carbocycles. The average Bonchev–Trinajstić information content (AvgIpc) is 3.99. The number of furan rings is 2. The van der Waals surface area contributed by atoms with E-state index in [-0.39, 0.29) is 5.41 Å². The van der Waals surface area contributed by atoms with E-state index in [9.17, 15) is 0 Å². The Morgan fingerprint density at radius 1 is 0.323 bits per heavy atom. The van der Waals surface area contributed by atoms with E-state index >= 15 is 0 Å². The Kier molecular flexibility index (Phi) is 7.77. The first-order valence-corrected chi connectivity index (χ1v) is 21.7. The standard InChI is InChI=1S/C57H39N3O2/c1-8-30-57(31-9-1)48-13-5-2-10-42(48)47-32-39(26-29-49(47)57)37-18-16-35(17-19-37)36-20-22-38(23-21-36)54-58-55(40-24-27-45-43-11-3-6-14-50(43)61-52(45)33-40)60-56(59-54)41-25-28-46-44-12-4-7-15-51(44)62-53(46)34-41/h2-7,10-29,32-34H,1,8-9,30-31H2. The number of aromatic nitrogens is 3. The Bertz CT molecular complexity index is 3420. The summed E-state index contributed by atoms with van der Waals surface area (Å²) >= 11 is 0. The molecule has 0 N–H and O–H groups in total. The van der Waals surface area contributed by atoms with E-state index in [2.05, 4.69) is 127 Å². The number of nitrogens with zero attached hydrogens (tertiary/aromatic N) is 3. The molecule has 3 heterocycles. The van der Waals surface area contributed by atoms with Crippen LogP contribution in [0.3, 0.4) is 0 Å². The van der Waals surface area contributed by atoms with Crippen molar-refractivity contribution in [3.63, 3.8) is 0 Å². The molecular weight excluding hydrogens is 759 g/mol. The smallest absolute Gasteiger partial charge is 0.164 e. The van der Waals surface area contributed by atoms with Crippen molar-refractivity contribution in [1.82, 2.24) is 15.0 Å². The fourth-order valence-electron chi connectivity index (χ4n) is 10.5. The summed E-state index contributed by atoms with van der Waals surface area (Å²) < 4.78 is 12.6. The van der Waals surface area contributed by atoms with Gasteiger partial charge in [0, 0.05) is 43.7 Å². The van der Waals surface area contributed by atoms with Gasteiger partial charge in [0.2, 0.25) is 0 Å². The number of rotatable bonds is 5. The Morgan fingerprint density at radius 2 is 0.758 bits per heavy atom. The van der Waals surface area contributed by atoms with Gasteiger partial charge in [-0.05, 0) is 99.8 Å². The van der Waals surface area contributed by atoms with Crippen LogP contribution >= 0.6 is 0 Å². The minimum absolute atomic E-state index is 0.177. The summed E-state index contributed by atoms with van der Waals surface area (Å²) in [7, 11) is 0. The minimum Gasteiger partial charge on any atom is -0.456 e. The first-order valence-electron chi connectivity index (χ1n) is 21.7. The quantitative estimate of drug-likeness (QED) is 0.174. The molecule has 0 saturated heterocycles. The number of hydrogen-bond acceptors (Lipinski definition) is 5. The van der Waals surface area contributed by atoms with Gasteiger partial charge < -0.3 is 8.83 Å². The van der Waals surface area contributed by atoms with Crippen LogP contribution in [0.4, 0.5) is 0 Å². The predicted molar refractivity (Wildman–Crippen MR) is 251 cm³/mol. The van der Waals surface area contributed by atoms with Gasteiger partial charge in [0.05, 0.1) is 0 Å². The highest BCUT2D eigenvalue weighted by Gasteiger charge is 2.43. The molecule has 0 aliphatic heterocycles. The lowest BCUT2D eigenvalue weighted by Crippen LogP contribution is -2.27. The molecule has 11 aromatic rings. The first kappa shape index (κ1) is 35.2. The SMILES string of the molecule is c1ccc2c(c1)-c1cc(-c3ccc(-c4ccc(-c5nc(-c6ccc7c(c6)oc6ccccc67)nc(-c6ccc7c(c6)oc6ccccc67)n5)cc4)cc3)ccc1C21CCCCC1. The fourth-order valence-corrected chi connectivity index (χ4v) is 10.5. The maximum absolute atomic E-state index is 6.28. The van der Waals surface area contributed by atoms with Crippen LogP contribution in [0.25, 0.3) is 111 Å². The zero-order chi connectivity index (χ0) is 40.8. The molecule has 0 bridgehead atoms. The third-order valence-electron chi connectivity index (χ3n) is 13.6. The van der Waals surface area contributed by atoms with Crippen molar-refractivity contribution in [2.24, 2.45) is 0 Å². The third-order valence-corrected chi connectivity index (χ3v) is 13.6. The molecule has 5 nitrogen and oxygen atoms in total. The molecule has 2 aliphatic carbocycles. The summed E-state index contributed by atoms with van der Waals surface area (Å²) in [5.74, 6) is 1.73. The van der Waals surface area contributed by atoms with Crippen LogP contribution in [0, 0.1) is 0 Å². The molecule has 5 heteroatoms. The highest BCUT2D eigenvalue weighted by Crippen LogP contribution is 2.56. The Morgan fingerprint density at radius 3 is 1.35 bits per heavy atom. The van der Waals surface area contributed by atoms with Crippen molar-refractivity contribution in [3.05, 3.63) is 187 Å². The van der Waals surface area contributed by atoms with Gasteiger partial charge in [-0.2, -0.15) is 0 Å². The Labute approximate surface area is 358 Å². The maximum atomic E-state index is 6.28. The highest BCUT2D eigenvalue weighted by molar-refractivity contribution is 6.07. The molecule has 8 aromatic carbocycles. The molecule has 1 fully saturated rings. The zero-order valence-corrected chi connectivity index (χ0v) is 33.9. The lowest BCUT2D eigenvalue weighted by Gasteiger charge is -2.36. The second-order valence-corrected chi connectivity index (χ2v) is 17.0. The molecule has 294 valence electrons. The van der Waals surface area contributed by atoms with E-state index in [0.717, 1.165) is 71.7 Å². The first-order chi connectivity index (χ1) is 30.6. The van der Waals surface area contributed by atoms with Crippen LogP contribution in [0.1, 0.15) is 43.2 Å². The van der Waals surface area contributed by atoms with Crippen LogP contribution in [-0.4, -0.2) is 15.0 Å². The second-order valence-electron chi connectivity index (χ2n) is 17.0. The lowest BCUT2D eigenvalue weighted by molar-refractivity contribution is 0.353. The zero-order valence-electron chi connectivity index (χ0n) is 33.9. The van der Waals surface area contributed by atoms with Gasteiger partial charge >= 0.3 is 0 Å². The summed E-state index contributed by atoms with van der Waals surface area (Å²) in [6.07, 6.45) is 6.45. The lowest BCUT2D eigenvalue weighted by atomic mass is 9.68. The summed E-state index contributed by atoms with van der Waals surface area (Å²) in [4.78, 5) is 15.2. The second kappa shape index (κ2) is 13.7. The number of para-hydroxylation sites is 2. The average molecular weight is 798 g/mol. The molecule has 0 atom stereocenters. The van der Waals surface area contributed by atoms with Crippen LogP contribution < -0.4 is 0 Å². The van der Waals surface area contributed by atoms with Crippen molar-refractivity contribution >= 4 is 43.9 Å². The van der Waals surface area contributed by atoms with Crippen LogP contribution in [0.5, 0.6) is 0 Å². The molecule has 0 amide bonds. The van der Waals surface area contributed by atoms with Gasteiger partial charge in [-0.3, -0.25) is 0 Å². The van der Waals surface area contributed by atoms with Gasteiger partial charge in [0.15, 0.2) is 17.5 Å². The van der Waals surface area contributed by atoms with Crippen LogP contribution in [0.15, 0.2) is 185 Å². The van der Waals surface area contributed by atoms with Gasteiger partial charge in [0.1, 0.15) is 22.3 Å². The van der Waals surface area contributed by atoms with Crippen molar-refractivity contribution in [2.75, 3.05) is 0 Å². The van der Waals surface area contributed by atoms with Gasteiger partial charge in [-0.15, -0.1) is 0 Å². The third kappa shape index (κ3) is 5.51. The molecule has 3 aromatic heterocycles. The van der Waals surface area contributed by atoms with E-state index in [1.54, 1.807) is 0 Å². The number of fused-ring (bicyclic) bond motifs is 11. The van der Waals surface area contributed by atoms with Crippen molar-refractivity contribution in [2.45, 2.75) is 37.5 Å². The van der Waals surface area contributed by atoms with Gasteiger partial charge in [-0.1, -0.05) is 153 Å². The van der Waals surface area contributed by atoms with Crippen LogP contribution in [-0.2, 0) is 5.41 Å². The van der Waals surface area contributed by atoms with Crippen LogP contribution in [0.2, 0.25) is 0 Å². The summed E-state index contributed by atoms with van der Waals surface area (Å²) in [6.45, 7) is 0. The molecule has 1 spiro atoms. The predicted octanol–water partition coefficient (Wildman–Crippen LogP) is 15.2. The highest BCUT2D eigenvalue weighted by atomic mass is 16.3. The number of hydrogen-bond donors (Lipinski definition) is 0. The largest absolute Gasteiger partial charge is 0.456 e. The van der Waals surface area contributed by atoms with Gasteiger partial charge in [0.25, 0.3) is 0 Å². The van der Waals surface area contributed by atoms with E-state index in [4.69, 9.17) is 23.8 Å². The molecular formula is C57H39N3O2. The molecule has 0 radical (unpaired) electrons. The molecule has 0 unspecified atom stereocenters. The monoisotopic (exact) mass is 797 g/mol. The Balaban J connectivity index is 0.848. The van der Waals surface area contributed by atoms with E-state index < -0.39 is 0 Å². The summed E-state index contributed by atoms with van der Waals surface area (Å²) in [5, 5.41) is 4.29. The van der Waals surface area contributed by atoms with E-state index in [1.807, 2.05) is 48.5 Å². The molecule has 13 rings (SSSR count). The Hall–Kier alpha value is -7.63. The van der Waals surface area contributed by atoms with Gasteiger partial charge in [-0.25, -0.2) is 15.0 Å². The topological polar surface area (TPSA) is 65.0 Å². The van der Waals surface area contributed by atoms with E-state index in [1.165, 1.54) is 65.5 Å². The van der Waals surface area contributed by atoms with Crippen molar-refractivity contribution in [1.29, 1.82) is 0 Å². The fraction of sp³-hybridized carbons (Fsp3) is 0.105. The maximum Gasteiger partial charge on any atom is 0.164 e. The summed E-state index contributed by atoms with van der Waals surface area (Å²) in [6, 6.07) is 62.4. The molecule has 2 aliphatic rings. The van der Waals surface area contributed by atoms with E-state index in [0.29, 0.717) is 17.5 Å². The number of benzene rings is 8. The molecule has 62 heavy (non-hydrogen) atoms. The minimum atomic E-state index is 0.177. The summed E-state index contributed by atoms with van der Waals surface area (Å²) in [5.41, 5.74) is 16.7. The van der Waals surface area contributed by atoms with Crippen molar-refractivity contribution < 1.29 is 8.83 Å². The normalized spacial score (nSPS) is 14.3.